The van der Waals surface area contributed by atoms with E-state index < -0.39 is 0 Å². The second-order valence-corrected chi connectivity index (χ2v) is 7.32. The van der Waals surface area contributed by atoms with Crippen molar-refractivity contribution in [3.05, 3.63) is 18.2 Å². The molecule has 5 nitrogen and oxygen atoms in total. The fraction of sp³-hybridized carbons (Fsp3) is 0.765. The maximum Gasteiger partial charge on any atom is 0.228 e. The Hall–Kier alpha value is -1.36. The summed E-state index contributed by atoms with van der Waals surface area (Å²) in [6, 6.07) is 0.908. The smallest absolute Gasteiger partial charge is 0.228 e. The van der Waals surface area contributed by atoms with E-state index in [0.717, 1.165) is 31.5 Å². The van der Waals surface area contributed by atoms with Gasteiger partial charge in [0, 0.05) is 24.8 Å². The van der Waals surface area contributed by atoms with Crippen molar-refractivity contribution in [3.63, 3.8) is 0 Å². The highest BCUT2D eigenvalue weighted by Crippen LogP contribution is 2.45. The van der Waals surface area contributed by atoms with Gasteiger partial charge in [-0.1, -0.05) is 20.8 Å². The Kier molecular flexibility index (Phi) is 4.26. The topological polar surface area (TPSA) is 59.0 Å². The van der Waals surface area contributed by atoms with Crippen molar-refractivity contribution in [1.29, 1.82) is 0 Å². The van der Waals surface area contributed by atoms with Crippen LogP contribution in [0, 0.1) is 11.3 Å². The molecule has 3 atom stereocenters. The average Bonchev–Trinajstić information content (AvgIpc) is 3.19. The average molecular weight is 304 g/mol. The number of hydrogen-bond donors (Lipinski definition) is 2. The van der Waals surface area contributed by atoms with E-state index in [1.807, 2.05) is 12.5 Å². The number of rotatable bonds is 6. The molecule has 0 saturated carbocycles. The minimum atomic E-state index is -0.203. The second kappa shape index (κ2) is 6.03. The van der Waals surface area contributed by atoms with Crippen molar-refractivity contribution in [2.75, 3.05) is 0 Å². The van der Waals surface area contributed by atoms with Gasteiger partial charge < -0.3 is 15.2 Å². The first-order chi connectivity index (χ1) is 10.5. The number of amides is 1. The molecule has 2 N–H and O–H groups in total. The molecule has 1 aromatic rings. The molecule has 3 heterocycles. The first kappa shape index (κ1) is 15.5. The van der Waals surface area contributed by atoms with Crippen LogP contribution < -0.4 is 10.6 Å². The van der Waals surface area contributed by atoms with Gasteiger partial charge in [-0.3, -0.25) is 4.79 Å². The summed E-state index contributed by atoms with van der Waals surface area (Å²) in [5, 5.41) is 6.78. The molecule has 0 spiro atoms. The molecule has 0 radical (unpaired) electrons. The summed E-state index contributed by atoms with van der Waals surface area (Å²) in [5.74, 6) is 0.785. The van der Waals surface area contributed by atoms with Crippen molar-refractivity contribution in [2.24, 2.45) is 11.3 Å². The Morgan fingerprint density at radius 1 is 1.55 bits per heavy atom. The van der Waals surface area contributed by atoms with Gasteiger partial charge in [0.1, 0.15) is 0 Å². The molecule has 2 bridgehead atoms. The molecular weight excluding hydrogens is 276 g/mol. The van der Waals surface area contributed by atoms with Gasteiger partial charge in [0.05, 0.1) is 24.0 Å². The number of fused-ring (bicyclic) bond motifs is 2. The fourth-order valence-corrected chi connectivity index (χ4v) is 4.20. The van der Waals surface area contributed by atoms with Gasteiger partial charge in [-0.2, -0.15) is 0 Å². The zero-order valence-corrected chi connectivity index (χ0v) is 13.9. The van der Waals surface area contributed by atoms with Crippen LogP contribution in [0.4, 0.5) is 0 Å². The van der Waals surface area contributed by atoms with E-state index in [1.54, 1.807) is 0 Å². The largest absolute Gasteiger partial charge is 0.350 e. The van der Waals surface area contributed by atoms with Gasteiger partial charge in [-0.15, -0.1) is 0 Å². The van der Waals surface area contributed by atoms with Gasteiger partial charge >= 0.3 is 0 Å². The standard InChI is InChI=1S/C17H28N4O/c1-4-17(7-13-5-6-15(17)20-13)16(22)19-9-14-8-18-11-21(14)10-12(2)3/h8,11-13,15,20H,4-7,9-10H2,1-3H3,(H,19,22)/t13-,15+,17+/m0/s1. The summed E-state index contributed by atoms with van der Waals surface area (Å²) in [4.78, 5) is 17.1. The van der Waals surface area contributed by atoms with E-state index in [-0.39, 0.29) is 11.3 Å². The van der Waals surface area contributed by atoms with Crippen molar-refractivity contribution in [2.45, 2.75) is 71.6 Å². The molecule has 0 aliphatic carbocycles. The van der Waals surface area contributed by atoms with E-state index in [9.17, 15) is 4.79 Å². The van der Waals surface area contributed by atoms with Crippen molar-refractivity contribution in [1.82, 2.24) is 20.2 Å². The second-order valence-electron chi connectivity index (χ2n) is 7.32. The number of nitrogens with one attached hydrogen (secondary N) is 2. The summed E-state index contributed by atoms with van der Waals surface area (Å²) in [6.45, 7) is 8.04. The lowest BCUT2D eigenvalue weighted by atomic mass is 9.71. The number of carbonyl (C=O) groups is 1. The lowest BCUT2D eigenvalue weighted by Gasteiger charge is -2.34. The number of carbonyl (C=O) groups excluding carboxylic acids is 1. The van der Waals surface area contributed by atoms with Crippen LogP contribution in [0.25, 0.3) is 0 Å². The molecule has 1 amide bonds. The minimum absolute atomic E-state index is 0.203. The molecule has 2 saturated heterocycles. The van der Waals surface area contributed by atoms with Crippen LogP contribution in [0.3, 0.4) is 0 Å². The number of nitrogens with zero attached hydrogens (tertiary/aromatic N) is 2. The fourth-order valence-electron chi connectivity index (χ4n) is 4.20. The third-order valence-corrected chi connectivity index (χ3v) is 5.39. The Morgan fingerprint density at radius 2 is 2.36 bits per heavy atom. The number of imidazole rings is 1. The van der Waals surface area contributed by atoms with Gasteiger partial charge in [-0.25, -0.2) is 4.98 Å². The van der Waals surface area contributed by atoms with E-state index in [0.29, 0.717) is 24.5 Å². The number of hydrogen-bond acceptors (Lipinski definition) is 3. The van der Waals surface area contributed by atoms with Crippen molar-refractivity contribution < 1.29 is 4.79 Å². The quantitative estimate of drug-likeness (QED) is 0.846. The highest BCUT2D eigenvalue weighted by Gasteiger charge is 2.54. The maximum absolute atomic E-state index is 12.8. The van der Waals surface area contributed by atoms with Crippen LogP contribution in [0.15, 0.2) is 12.5 Å². The van der Waals surface area contributed by atoms with E-state index >= 15 is 0 Å². The zero-order valence-electron chi connectivity index (χ0n) is 13.9. The first-order valence-corrected chi connectivity index (χ1v) is 8.58. The van der Waals surface area contributed by atoms with Gasteiger partial charge in [-0.05, 0) is 31.6 Å². The number of aromatic nitrogens is 2. The third-order valence-electron chi connectivity index (χ3n) is 5.39. The molecule has 2 aliphatic heterocycles. The molecule has 1 aromatic heterocycles. The van der Waals surface area contributed by atoms with Gasteiger partial charge in [0.25, 0.3) is 0 Å². The predicted octanol–water partition coefficient (Wildman–Crippen LogP) is 2.08. The van der Waals surface area contributed by atoms with Crippen LogP contribution in [0.1, 0.15) is 52.1 Å². The lowest BCUT2D eigenvalue weighted by molar-refractivity contribution is -0.132. The highest BCUT2D eigenvalue weighted by atomic mass is 16.2. The molecule has 0 aromatic carbocycles. The summed E-state index contributed by atoms with van der Waals surface area (Å²) < 4.78 is 2.14. The third kappa shape index (κ3) is 2.67. The monoisotopic (exact) mass is 304 g/mol. The maximum atomic E-state index is 12.8. The van der Waals surface area contributed by atoms with E-state index in [4.69, 9.17) is 0 Å². The summed E-state index contributed by atoms with van der Waals surface area (Å²) in [6.07, 6.45) is 7.98. The molecule has 0 unspecified atom stereocenters. The molecule has 3 rings (SSSR count). The first-order valence-electron chi connectivity index (χ1n) is 8.58. The predicted molar refractivity (Wildman–Crippen MR) is 86.2 cm³/mol. The van der Waals surface area contributed by atoms with Crippen molar-refractivity contribution >= 4 is 5.91 Å². The molecule has 122 valence electrons. The molecule has 22 heavy (non-hydrogen) atoms. The summed E-state index contributed by atoms with van der Waals surface area (Å²) in [5.41, 5.74) is 0.885. The van der Waals surface area contributed by atoms with E-state index in [1.165, 1.54) is 6.42 Å². The van der Waals surface area contributed by atoms with Crippen LogP contribution in [-0.4, -0.2) is 27.5 Å². The van der Waals surface area contributed by atoms with Gasteiger partial charge in [0.15, 0.2) is 0 Å². The summed E-state index contributed by atoms with van der Waals surface area (Å²) in [7, 11) is 0. The van der Waals surface area contributed by atoms with Crippen LogP contribution in [-0.2, 0) is 17.9 Å². The van der Waals surface area contributed by atoms with Gasteiger partial charge in [0.2, 0.25) is 5.91 Å². The molecular formula is C17H28N4O. The Bertz CT molecular complexity index is 539. The Labute approximate surface area is 132 Å². The minimum Gasteiger partial charge on any atom is -0.350 e. The van der Waals surface area contributed by atoms with Crippen LogP contribution >= 0.6 is 0 Å². The molecule has 2 fully saturated rings. The molecule has 2 aliphatic rings. The lowest BCUT2D eigenvalue weighted by Crippen LogP contribution is -2.48. The Morgan fingerprint density at radius 3 is 2.95 bits per heavy atom. The van der Waals surface area contributed by atoms with Crippen LogP contribution in [0.2, 0.25) is 0 Å². The normalized spacial score (nSPS) is 30.2. The molecule has 5 heteroatoms. The SMILES string of the molecule is CC[C@@]1(C(=O)NCc2cncn2CC(C)C)C[C@@H]2CC[C@H]1N2. The van der Waals surface area contributed by atoms with Crippen LogP contribution in [0.5, 0.6) is 0 Å². The highest BCUT2D eigenvalue weighted by molar-refractivity contribution is 5.84. The Balaban J connectivity index is 1.64. The summed E-state index contributed by atoms with van der Waals surface area (Å²) >= 11 is 0. The van der Waals surface area contributed by atoms with Crippen molar-refractivity contribution in [3.8, 4) is 0 Å². The zero-order chi connectivity index (χ0) is 15.7. The van der Waals surface area contributed by atoms with E-state index in [2.05, 4.69) is 41.0 Å².